The number of rotatable bonds is 6. The maximum atomic E-state index is 11.6. The first-order valence-corrected chi connectivity index (χ1v) is 7.10. The van der Waals surface area contributed by atoms with Gasteiger partial charge in [-0.25, -0.2) is 5.43 Å². The molecule has 6 heteroatoms. The van der Waals surface area contributed by atoms with E-state index in [2.05, 4.69) is 29.3 Å². The first-order chi connectivity index (χ1) is 10.7. The van der Waals surface area contributed by atoms with Gasteiger partial charge in [-0.15, -0.1) is 0 Å². The van der Waals surface area contributed by atoms with Crippen LogP contribution in [-0.4, -0.2) is 30.3 Å². The van der Waals surface area contributed by atoms with Gasteiger partial charge in [0, 0.05) is 30.4 Å². The Labute approximate surface area is 129 Å². The van der Waals surface area contributed by atoms with Gasteiger partial charge in [0.1, 0.15) is 5.75 Å². The topological polar surface area (TPSA) is 78.1 Å². The van der Waals surface area contributed by atoms with Crippen LogP contribution < -0.4 is 10.3 Å². The summed E-state index contributed by atoms with van der Waals surface area (Å²) in [5.74, 6) is -0.154. The number of nitrogens with one attached hydrogen (secondary N) is 1. The number of aromatic hydroxyl groups is 1. The Kier molecular flexibility index (Phi) is 5.19. The first kappa shape index (κ1) is 15.6. The summed E-state index contributed by atoms with van der Waals surface area (Å²) in [4.78, 5) is 13.7. The molecule has 0 saturated heterocycles. The van der Waals surface area contributed by atoms with Crippen molar-refractivity contribution in [3.05, 3.63) is 47.9 Å². The van der Waals surface area contributed by atoms with Crippen molar-refractivity contribution < 1.29 is 14.3 Å². The van der Waals surface area contributed by atoms with E-state index in [4.69, 9.17) is 4.42 Å². The van der Waals surface area contributed by atoms with E-state index in [1.807, 2.05) is 6.07 Å². The molecule has 0 bridgehead atoms. The lowest BCUT2D eigenvalue weighted by Crippen LogP contribution is -2.21. The number of furan rings is 1. The molecule has 1 amide bonds. The number of nitrogens with zero attached hydrogens (tertiary/aromatic N) is 2. The largest absolute Gasteiger partial charge is 0.507 e. The molecule has 0 saturated carbocycles. The van der Waals surface area contributed by atoms with Gasteiger partial charge in [0.2, 0.25) is 0 Å². The van der Waals surface area contributed by atoms with E-state index < -0.39 is 5.91 Å². The van der Waals surface area contributed by atoms with Crippen LogP contribution in [0.3, 0.4) is 0 Å². The molecule has 1 heterocycles. The fraction of sp³-hybridized carbons (Fsp3) is 0.250. The van der Waals surface area contributed by atoms with Crippen molar-refractivity contribution in [2.45, 2.75) is 13.8 Å². The fourth-order valence-corrected chi connectivity index (χ4v) is 2.05. The average Bonchev–Trinajstić information content (AvgIpc) is 3.05. The Balaban J connectivity index is 2.04. The number of hydrazone groups is 1. The van der Waals surface area contributed by atoms with Crippen LogP contribution in [0.25, 0.3) is 0 Å². The molecule has 0 aliphatic heterocycles. The summed E-state index contributed by atoms with van der Waals surface area (Å²) < 4.78 is 4.95. The standard InChI is InChI=1S/C16H19N3O3/c1-3-19(4-2)13-8-7-12(14(20)10-13)11-17-18-16(21)15-6-5-9-22-15/h5-11,20H,3-4H2,1-2H3,(H,18,21)/b17-11-. The summed E-state index contributed by atoms with van der Waals surface area (Å²) in [7, 11) is 0. The molecule has 6 nitrogen and oxygen atoms in total. The smallest absolute Gasteiger partial charge is 0.307 e. The second-order valence-corrected chi connectivity index (χ2v) is 4.59. The molecular formula is C16H19N3O3. The number of hydrogen-bond acceptors (Lipinski definition) is 5. The molecule has 0 aliphatic carbocycles. The fourth-order valence-electron chi connectivity index (χ4n) is 2.05. The Bertz CT molecular complexity index is 647. The van der Waals surface area contributed by atoms with Crippen molar-refractivity contribution in [1.29, 1.82) is 0 Å². The zero-order valence-electron chi connectivity index (χ0n) is 12.6. The van der Waals surface area contributed by atoms with Gasteiger partial charge in [0.05, 0.1) is 12.5 Å². The van der Waals surface area contributed by atoms with Crippen LogP contribution in [0.5, 0.6) is 5.75 Å². The van der Waals surface area contributed by atoms with E-state index in [9.17, 15) is 9.90 Å². The van der Waals surface area contributed by atoms with Gasteiger partial charge in [-0.1, -0.05) is 0 Å². The summed E-state index contributed by atoms with van der Waals surface area (Å²) in [6.45, 7) is 5.84. The molecule has 0 radical (unpaired) electrons. The minimum absolute atomic E-state index is 0.111. The highest BCUT2D eigenvalue weighted by Crippen LogP contribution is 2.23. The molecule has 116 valence electrons. The molecule has 0 atom stereocenters. The van der Waals surface area contributed by atoms with Crippen molar-refractivity contribution in [1.82, 2.24) is 5.43 Å². The van der Waals surface area contributed by atoms with Crippen molar-refractivity contribution in [2.24, 2.45) is 5.10 Å². The SMILES string of the molecule is CCN(CC)c1ccc(/C=N\NC(=O)c2ccco2)c(O)c1. The molecule has 0 aliphatic rings. The van der Waals surface area contributed by atoms with Crippen molar-refractivity contribution in [2.75, 3.05) is 18.0 Å². The Morgan fingerprint density at radius 3 is 2.73 bits per heavy atom. The second kappa shape index (κ2) is 7.31. The van der Waals surface area contributed by atoms with Crippen LogP contribution in [-0.2, 0) is 0 Å². The van der Waals surface area contributed by atoms with E-state index in [0.29, 0.717) is 5.56 Å². The number of carbonyl (C=O) groups excluding carboxylic acids is 1. The molecule has 0 fully saturated rings. The predicted octanol–water partition coefficient (Wildman–Crippen LogP) is 2.60. The van der Waals surface area contributed by atoms with Gasteiger partial charge in [0.15, 0.2) is 5.76 Å². The third kappa shape index (κ3) is 3.66. The van der Waals surface area contributed by atoms with E-state index in [0.717, 1.165) is 18.8 Å². The lowest BCUT2D eigenvalue weighted by atomic mass is 10.2. The number of hydrogen-bond donors (Lipinski definition) is 2. The summed E-state index contributed by atoms with van der Waals surface area (Å²) in [6.07, 6.45) is 2.80. The number of anilines is 1. The predicted molar refractivity (Wildman–Crippen MR) is 85.4 cm³/mol. The van der Waals surface area contributed by atoms with Crippen molar-refractivity contribution >= 4 is 17.8 Å². The van der Waals surface area contributed by atoms with E-state index >= 15 is 0 Å². The normalized spacial score (nSPS) is 10.8. The number of benzene rings is 1. The van der Waals surface area contributed by atoms with Crippen LogP contribution in [0, 0.1) is 0 Å². The van der Waals surface area contributed by atoms with Gasteiger partial charge in [0.25, 0.3) is 0 Å². The lowest BCUT2D eigenvalue weighted by Gasteiger charge is -2.21. The third-order valence-corrected chi connectivity index (χ3v) is 3.26. The minimum atomic E-state index is -0.444. The highest BCUT2D eigenvalue weighted by atomic mass is 16.3. The lowest BCUT2D eigenvalue weighted by molar-refractivity contribution is 0.0927. The van der Waals surface area contributed by atoms with Gasteiger partial charge in [-0.3, -0.25) is 4.79 Å². The quantitative estimate of drug-likeness (QED) is 0.635. The summed E-state index contributed by atoms with van der Waals surface area (Å²) >= 11 is 0. The van der Waals surface area contributed by atoms with Gasteiger partial charge < -0.3 is 14.4 Å². The highest BCUT2D eigenvalue weighted by molar-refractivity contribution is 5.92. The van der Waals surface area contributed by atoms with Crippen molar-refractivity contribution in [3.8, 4) is 5.75 Å². The van der Waals surface area contributed by atoms with Gasteiger partial charge in [-0.2, -0.15) is 5.10 Å². The molecule has 1 aromatic carbocycles. The van der Waals surface area contributed by atoms with Gasteiger partial charge in [-0.05, 0) is 38.1 Å². The molecule has 1 aromatic heterocycles. The summed E-state index contributed by atoms with van der Waals surface area (Å²) in [5.41, 5.74) is 3.80. The van der Waals surface area contributed by atoms with Crippen LogP contribution in [0.1, 0.15) is 30.0 Å². The Morgan fingerprint density at radius 1 is 1.36 bits per heavy atom. The van der Waals surface area contributed by atoms with Crippen molar-refractivity contribution in [3.63, 3.8) is 0 Å². The zero-order chi connectivity index (χ0) is 15.9. The van der Waals surface area contributed by atoms with Crippen LogP contribution >= 0.6 is 0 Å². The molecular weight excluding hydrogens is 282 g/mol. The van der Waals surface area contributed by atoms with Crippen LogP contribution in [0.15, 0.2) is 46.1 Å². The van der Waals surface area contributed by atoms with Crippen LogP contribution in [0.4, 0.5) is 5.69 Å². The van der Waals surface area contributed by atoms with E-state index in [-0.39, 0.29) is 11.5 Å². The van der Waals surface area contributed by atoms with E-state index in [1.165, 1.54) is 12.5 Å². The summed E-state index contributed by atoms with van der Waals surface area (Å²) in [6, 6.07) is 8.51. The molecule has 0 spiro atoms. The number of phenolic OH excluding ortho intramolecular Hbond substituents is 1. The maximum Gasteiger partial charge on any atom is 0.307 e. The van der Waals surface area contributed by atoms with Gasteiger partial charge >= 0.3 is 5.91 Å². The molecule has 2 N–H and O–H groups in total. The average molecular weight is 301 g/mol. The number of carbonyl (C=O) groups is 1. The second-order valence-electron chi connectivity index (χ2n) is 4.59. The third-order valence-electron chi connectivity index (χ3n) is 3.26. The Morgan fingerprint density at radius 2 is 2.14 bits per heavy atom. The Hall–Kier alpha value is -2.76. The minimum Gasteiger partial charge on any atom is -0.507 e. The van der Waals surface area contributed by atoms with E-state index in [1.54, 1.807) is 24.3 Å². The molecule has 22 heavy (non-hydrogen) atoms. The van der Waals surface area contributed by atoms with Crippen LogP contribution in [0.2, 0.25) is 0 Å². The number of amides is 1. The monoisotopic (exact) mass is 301 g/mol. The molecule has 2 rings (SSSR count). The summed E-state index contributed by atoms with van der Waals surface area (Å²) in [5, 5.41) is 13.8. The molecule has 0 unspecified atom stereocenters. The number of phenols is 1. The highest BCUT2D eigenvalue weighted by Gasteiger charge is 2.07. The first-order valence-electron chi connectivity index (χ1n) is 7.10. The maximum absolute atomic E-state index is 11.6. The molecule has 2 aromatic rings. The zero-order valence-corrected chi connectivity index (χ0v) is 12.6.